The average molecular weight is 215 g/mol. The van der Waals surface area contributed by atoms with Gasteiger partial charge in [0.2, 0.25) is 0 Å². The lowest BCUT2D eigenvalue weighted by Gasteiger charge is -2.18. The van der Waals surface area contributed by atoms with Crippen LogP contribution >= 0.6 is 15.9 Å². The van der Waals surface area contributed by atoms with Crippen LogP contribution in [0.3, 0.4) is 0 Å². The number of rotatable bonds is 0. The summed E-state index contributed by atoms with van der Waals surface area (Å²) in [5.74, 6) is 1.64. The van der Waals surface area contributed by atoms with Gasteiger partial charge in [-0.25, -0.2) is 4.98 Å². The van der Waals surface area contributed by atoms with E-state index in [4.69, 9.17) is 4.74 Å². The summed E-state index contributed by atoms with van der Waals surface area (Å²) < 4.78 is 6.34. The second kappa shape index (κ2) is 2.70. The molecule has 1 N–H and O–H groups in total. The fourth-order valence-corrected chi connectivity index (χ4v) is 1.43. The van der Waals surface area contributed by atoms with Crippen LogP contribution in [0.2, 0.25) is 0 Å². The molecule has 1 aromatic heterocycles. The molecular weight excluding hydrogens is 208 g/mol. The van der Waals surface area contributed by atoms with Crippen LogP contribution in [0.4, 0.5) is 5.82 Å². The maximum atomic E-state index is 5.38. The Morgan fingerprint density at radius 1 is 1.64 bits per heavy atom. The highest BCUT2D eigenvalue weighted by Gasteiger charge is 2.12. The van der Waals surface area contributed by atoms with Crippen LogP contribution < -0.4 is 10.1 Å². The Morgan fingerprint density at radius 3 is 3.36 bits per heavy atom. The number of hydrogen-bond donors (Lipinski definition) is 1. The Balaban J connectivity index is 2.49. The van der Waals surface area contributed by atoms with Gasteiger partial charge in [-0.15, -0.1) is 0 Å². The first-order valence-electron chi connectivity index (χ1n) is 3.39. The van der Waals surface area contributed by atoms with E-state index in [0.717, 1.165) is 22.6 Å². The van der Waals surface area contributed by atoms with Gasteiger partial charge in [0.1, 0.15) is 6.61 Å². The van der Waals surface area contributed by atoms with E-state index < -0.39 is 0 Å². The van der Waals surface area contributed by atoms with Crippen molar-refractivity contribution >= 4 is 21.7 Å². The summed E-state index contributed by atoms with van der Waals surface area (Å²) in [6, 6.07) is 1.87. The topological polar surface area (TPSA) is 34.1 Å². The van der Waals surface area contributed by atoms with Gasteiger partial charge in [-0.3, -0.25) is 0 Å². The van der Waals surface area contributed by atoms with E-state index in [9.17, 15) is 0 Å². The minimum absolute atomic E-state index is 0.706. The van der Waals surface area contributed by atoms with Crippen LogP contribution in [0.15, 0.2) is 16.7 Å². The average Bonchev–Trinajstić information content (AvgIpc) is 2.06. The van der Waals surface area contributed by atoms with Gasteiger partial charge in [0.25, 0.3) is 0 Å². The van der Waals surface area contributed by atoms with Crippen LogP contribution in [0.25, 0.3) is 0 Å². The SMILES string of the molecule is Brc1ccnc2c1OCCN2. The van der Waals surface area contributed by atoms with Crippen LogP contribution in [0, 0.1) is 0 Å². The number of hydrogen-bond acceptors (Lipinski definition) is 3. The molecule has 3 nitrogen and oxygen atoms in total. The second-order valence-corrected chi connectivity index (χ2v) is 3.10. The summed E-state index contributed by atoms with van der Waals surface area (Å²) in [6.07, 6.45) is 1.74. The third kappa shape index (κ3) is 1.18. The van der Waals surface area contributed by atoms with Crippen molar-refractivity contribution in [3.63, 3.8) is 0 Å². The summed E-state index contributed by atoms with van der Waals surface area (Å²) in [4.78, 5) is 4.11. The van der Waals surface area contributed by atoms with Crippen molar-refractivity contribution in [3.8, 4) is 5.75 Å². The zero-order valence-corrected chi connectivity index (χ0v) is 7.39. The second-order valence-electron chi connectivity index (χ2n) is 2.25. The number of fused-ring (bicyclic) bond motifs is 1. The van der Waals surface area contributed by atoms with E-state index in [1.54, 1.807) is 6.20 Å². The molecule has 1 aromatic rings. The normalized spacial score (nSPS) is 14.6. The molecular formula is C7H7BrN2O. The van der Waals surface area contributed by atoms with Crippen LogP contribution in [0.5, 0.6) is 5.75 Å². The number of aromatic nitrogens is 1. The predicted molar refractivity (Wildman–Crippen MR) is 45.9 cm³/mol. The van der Waals surface area contributed by atoms with E-state index in [2.05, 4.69) is 26.2 Å². The molecule has 0 radical (unpaired) electrons. The highest BCUT2D eigenvalue weighted by molar-refractivity contribution is 9.10. The summed E-state index contributed by atoms with van der Waals surface area (Å²) in [5.41, 5.74) is 0. The van der Waals surface area contributed by atoms with Crippen molar-refractivity contribution in [2.45, 2.75) is 0 Å². The Labute approximate surface area is 72.9 Å². The van der Waals surface area contributed by atoms with Crippen molar-refractivity contribution < 1.29 is 4.74 Å². The first-order chi connectivity index (χ1) is 5.38. The molecule has 0 bridgehead atoms. The maximum Gasteiger partial charge on any atom is 0.175 e. The summed E-state index contributed by atoms with van der Waals surface area (Å²) in [5, 5.41) is 3.14. The zero-order chi connectivity index (χ0) is 7.68. The van der Waals surface area contributed by atoms with Crippen molar-refractivity contribution in [2.24, 2.45) is 0 Å². The van der Waals surface area contributed by atoms with Gasteiger partial charge in [-0.2, -0.15) is 0 Å². The molecule has 58 valence electrons. The Morgan fingerprint density at radius 2 is 2.55 bits per heavy atom. The van der Waals surface area contributed by atoms with E-state index in [-0.39, 0.29) is 0 Å². The number of anilines is 1. The molecule has 1 aliphatic rings. The standard InChI is InChI=1S/C7H7BrN2O/c8-5-1-2-9-7-6(5)11-4-3-10-7/h1-2H,3-4H2,(H,9,10). The van der Waals surface area contributed by atoms with Crippen LogP contribution in [-0.4, -0.2) is 18.1 Å². The lowest BCUT2D eigenvalue weighted by atomic mass is 10.4. The number of nitrogens with zero attached hydrogens (tertiary/aromatic N) is 1. The monoisotopic (exact) mass is 214 g/mol. The largest absolute Gasteiger partial charge is 0.487 e. The highest BCUT2D eigenvalue weighted by Crippen LogP contribution is 2.32. The molecule has 4 heteroatoms. The molecule has 1 aliphatic heterocycles. The highest BCUT2D eigenvalue weighted by atomic mass is 79.9. The third-order valence-electron chi connectivity index (χ3n) is 1.50. The third-order valence-corrected chi connectivity index (χ3v) is 2.12. The number of halogens is 1. The molecule has 2 heterocycles. The molecule has 0 aromatic carbocycles. The summed E-state index contributed by atoms with van der Waals surface area (Å²) in [7, 11) is 0. The molecule has 0 unspecified atom stereocenters. The van der Waals surface area contributed by atoms with E-state index in [0.29, 0.717) is 6.61 Å². The van der Waals surface area contributed by atoms with E-state index in [1.807, 2.05) is 6.07 Å². The molecule has 0 saturated heterocycles. The quantitative estimate of drug-likeness (QED) is 0.714. The minimum atomic E-state index is 0.706. The van der Waals surface area contributed by atoms with Crippen molar-refractivity contribution in [1.82, 2.24) is 4.98 Å². The lowest BCUT2D eigenvalue weighted by molar-refractivity contribution is 0.319. The van der Waals surface area contributed by atoms with E-state index in [1.165, 1.54) is 0 Å². The van der Waals surface area contributed by atoms with Crippen LogP contribution in [-0.2, 0) is 0 Å². The molecule has 0 aliphatic carbocycles. The van der Waals surface area contributed by atoms with Crippen LogP contribution in [0.1, 0.15) is 0 Å². The van der Waals surface area contributed by atoms with E-state index >= 15 is 0 Å². The van der Waals surface area contributed by atoms with Gasteiger partial charge in [0.05, 0.1) is 11.0 Å². The Bertz CT molecular complexity index is 277. The van der Waals surface area contributed by atoms with Crippen molar-refractivity contribution in [2.75, 3.05) is 18.5 Å². The summed E-state index contributed by atoms with van der Waals surface area (Å²) >= 11 is 3.38. The Kier molecular flexibility index (Phi) is 1.69. The fraction of sp³-hybridized carbons (Fsp3) is 0.286. The maximum absolute atomic E-state index is 5.38. The first kappa shape index (κ1) is 6.91. The smallest absolute Gasteiger partial charge is 0.175 e. The minimum Gasteiger partial charge on any atom is -0.487 e. The number of pyridine rings is 1. The summed E-state index contributed by atoms with van der Waals surface area (Å²) in [6.45, 7) is 1.54. The molecule has 0 saturated carbocycles. The van der Waals surface area contributed by atoms with Gasteiger partial charge >= 0.3 is 0 Å². The number of ether oxygens (including phenoxy) is 1. The number of nitrogens with one attached hydrogen (secondary N) is 1. The van der Waals surface area contributed by atoms with Gasteiger partial charge < -0.3 is 10.1 Å². The fourth-order valence-electron chi connectivity index (χ4n) is 1.01. The van der Waals surface area contributed by atoms with Gasteiger partial charge in [-0.05, 0) is 22.0 Å². The first-order valence-corrected chi connectivity index (χ1v) is 4.18. The molecule has 0 fully saturated rings. The molecule has 2 rings (SSSR count). The molecule has 0 atom stereocenters. The van der Waals surface area contributed by atoms with Crippen molar-refractivity contribution in [1.29, 1.82) is 0 Å². The molecule has 0 amide bonds. The zero-order valence-electron chi connectivity index (χ0n) is 5.80. The van der Waals surface area contributed by atoms with Gasteiger partial charge in [-0.1, -0.05) is 0 Å². The van der Waals surface area contributed by atoms with Gasteiger partial charge in [0, 0.05) is 6.20 Å². The van der Waals surface area contributed by atoms with Crippen molar-refractivity contribution in [3.05, 3.63) is 16.7 Å². The Hall–Kier alpha value is -0.770. The lowest BCUT2D eigenvalue weighted by Crippen LogP contribution is -2.19. The molecule has 0 spiro atoms. The van der Waals surface area contributed by atoms with Gasteiger partial charge in [0.15, 0.2) is 11.6 Å². The molecule has 11 heavy (non-hydrogen) atoms. The predicted octanol–water partition coefficient (Wildman–Crippen LogP) is 1.65.